The maximum absolute atomic E-state index is 12.0. The molecule has 1 aromatic carbocycles. The first-order chi connectivity index (χ1) is 9.69. The smallest absolute Gasteiger partial charge is 0.254 e. The summed E-state index contributed by atoms with van der Waals surface area (Å²) in [7, 11) is 0. The molecule has 0 saturated heterocycles. The van der Waals surface area contributed by atoms with Crippen LogP contribution in [0.3, 0.4) is 0 Å². The number of ether oxygens (including phenoxy) is 1. The van der Waals surface area contributed by atoms with Crippen LogP contribution >= 0.6 is 0 Å². The van der Waals surface area contributed by atoms with Crippen LogP contribution in [0.1, 0.15) is 37.1 Å². The van der Waals surface area contributed by atoms with Gasteiger partial charge in [0, 0.05) is 17.0 Å². The lowest BCUT2D eigenvalue weighted by molar-refractivity contribution is 0.340. The van der Waals surface area contributed by atoms with Gasteiger partial charge in [-0.15, -0.1) is 0 Å². The predicted molar refractivity (Wildman–Crippen MR) is 78.2 cm³/mol. The van der Waals surface area contributed by atoms with Gasteiger partial charge < -0.3 is 9.72 Å². The van der Waals surface area contributed by atoms with Crippen LogP contribution < -0.4 is 10.3 Å². The lowest BCUT2D eigenvalue weighted by atomic mass is 10.1. The molecule has 0 bridgehead atoms. The highest BCUT2D eigenvalue weighted by atomic mass is 16.5. The molecule has 2 aromatic rings. The Morgan fingerprint density at radius 1 is 1.30 bits per heavy atom. The fourth-order valence-corrected chi connectivity index (χ4v) is 2.26. The predicted octanol–water partition coefficient (Wildman–Crippen LogP) is 3.02. The fraction of sp³-hybridized carbons (Fsp3) is 0.375. The van der Waals surface area contributed by atoms with Gasteiger partial charge in [0.1, 0.15) is 11.6 Å². The van der Waals surface area contributed by atoms with E-state index >= 15 is 0 Å². The molecule has 1 aliphatic carbocycles. The molecule has 0 spiro atoms. The van der Waals surface area contributed by atoms with Crippen molar-refractivity contribution in [3.05, 3.63) is 46.0 Å². The Bertz CT molecular complexity index is 670. The van der Waals surface area contributed by atoms with Crippen molar-refractivity contribution in [1.29, 1.82) is 0 Å². The number of hydrogen-bond donors (Lipinski definition) is 1. The Kier molecular flexibility index (Phi) is 3.30. The van der Waals surface area contributed by atoms with Gasteiger partial charge in [-0.05, 0) is 51.0 Å². The molecule has 0 atom stereocenters. The van der Waals surface area contributed by atoms with E-state index in [2.05, 4.69) is 9.97 Å². The third-order valence-corrected chi connectivity index (χ3v) is 3.57. The van der Waals surface area contributed by atoms with Crippen LogP contribution in [0.2, 0.25) is 0 Å². The molecule has 4 nitrogen and oxygen atoms in total. The average molecular weight is 270 g/mol. The van der Waals surface area contributed by atoms with E-state index in [0.717, 1.165) is 35.7 Å². The fourth-order valence-electron chi connectivity index (χ4n) is 2.26. The van der Waals surface area contributed by atoms with Gasteiger partial charge in [-0.25, -0.2) is 4.98 Å². The standard InChI is InChI=1S/C16H18N2O2/c1-3-20-13-8-6-11(7-9-13)14-10(2)16(19)18-15(17-14)12-4-5-12/h6-9,12H,3-5H2,1-2H3,(H,17,18,19). The van der Waals surface area contributed by atoms with Crippen LogP contribution in [-0.4, -0.2) is 16.6 Å². The summed E-state index contributed by atoms with van der Waals surface area (Å²) in [5, 5.41) is 0. The number of benzene rings is 1. The largest absolute Gasteiger partial charge is 0.494 e. The molecule has 104 valence electrons. The first kappa shape index (κ1) is 12.9. The Morgan fingerprint density at radius 3 is 2.60 bits per heavy atom. The van der Waals surface area contributed by atoms with E-state index in [1.807, 2.05) is 38.1 Å². The van der Waals surface area contributed by atoms with Gasteiger partial charge in [-0.3, -0.25) is 4.79 Å². The van der Waals surface area contributed by atoms with Crippen molar-refractivity contribution >= 4 is 0 Å². The second kappa shape index (κ2) is 5.12. The number of aromatic nitrogens is 2. The Morgan fingerprint density at radius 2 is 2.00 bits per heavy atom. The van der Waals surface area contributed by atoms with Crippen molar-refractivity contribution in [1.82, 2.24) is 9.97 Å². The number of rotatable bonds is 4. The van der Waals surface area contributed by atoms with Crippen LogP contribution in [-0.2, 0) is 0 Å². The Hall–Kier alpha value is -2.10. The number of aromatic amines is 1. The zero-order valence-corrected chi connectivity index (χ0v) is 11.8. The summed E-state index contributed by atoms with van der Waals surface area (Å²) in [6, 6.07) is 7.74. The lowest BCUT2D eigenvalue weighted by Gasteiger charge is -2.08. The summed E-state index contributed by atoms with van der Waals surface area (Å²) in [6.45, 7) is 4.42. The molecular formula is C16H18N2O2. The summed E-state index contributed by atoms with van der Waals surface area (Å²) in [6.07, 6.45) is 2.24. The topological polar surface area (TPSA) is 55.0 Å². The first-order valence-corrected chi connectivity index (χ1v) is 7.03. The molecule has 0 radical (unpaired) electrons. The molecule has 1 aromatic heterocycles. The lowest BCUT2D eigenvalue weighted by Crippen LogP contribution is -2.15. The SMILES string of the molecule is CCOc1ccc(-c2nc(C3CC3)[nH]c(=O)c2C)cc1. The van der Waals surface area contributed by atoms with E-state index in [0.29, 0.717) is 18.1 Å². The van der Waals surface area contributed by atoms with Gasteiger partial charge in [0.25, 0.3) is 5.56 Å². The molecule has 0 unspecified atom stereocenters. The highest BCUT2D eigenvalue weighted by molar-refractivity contribution is 5.63. The number of nitrogens with zero attached hydrogens (tertiary/aromatic N) is 1. The minimum Gasteiger partial charge on any atom is -0.494 e. The molecule has 1 fully saturated rings. The van der Waals surface area contributed by atoms with E-state index in [4.69, 9.17) is 4.74 Å². The van der Waals surface area contributed by atoms with Crippen molar-refractivity contribution in [2.75, 3.05) is 6.61 Å². The van der Waals surface area contributed by atoms with Crippen molar-refractivity contribution in [3.63, 3.8) is 0 Å². The molecule has 0 aliphatic heterocycles. The maximum Gasteiger partial charge on any atom is 0.254 e. The van der Waals surface area contributed by atoms with E-state index < -0.39 is 0 Å². The summed E-state index contributed by atoms with van der Waals surface area (Å²) in [5.74, 6) is 2.09. The monoisotopic (exact) mass is 270 g/mol. The first-order valence-electron chi connectivity index (χ1n) is 7.03. The highest BCUT2D eigenvalue weighted by Crippen LogP contribution is 2.38. The third-order valence-electron chi connectivity index (χ3n) is 3.57. The van der Waals surface area contributed by atoms with E-state index in [1.165, 1.54) is 0 Å². The third kappa shape index (κ3) is 2.46. The zero-order chi connectivity index (χ0) is 14.1. The van der Waals surface area contributed by atoms with Crippen LogP contribution in [0, 0.1) is 6.92 Å². The average Bonchev–Trinajstić information content (AvgIpc) is 3.28. The second-order valence-corrected chi connectivity index (χ2v) is 5.16. The van der Waals surface area contributed by atoms with Crippen molar-refractivity contribution in [2.45, 2.75) is 32.6 Å². The zero-order valence-electron chi connectivity index (χ0n) is 11.8. The van der Waals surface area contributed by atoms with Gasteiger partial charge in [-0.2, -0.15) is 0 Å². The normalized spacial score (nSPS) is 14.3. The Labute approximate surface area is 117 Å². The molecule has 1 heterocycles. The summed E-state index contributed by atoms with van der Waals surface area (Å²) >= 11 is 0. The quantitative estimate of drug-likeness (QED) is 0.929. The van der Waals surface area contributed by atoms with E-state index in [-0.39, 0.29) is 5.56 Å². The molecule has 1 saturated carbocycles. The minimum atomic E-state index is -0.0363. The van der Waals surface area contributed by atoms with Crippen LogP contribution in [0.4, 0.5) is 0 Å². The summed E-state index contributed by atoms with van der Waals surface area (Å²) in [4.78, 5) is 19.5. The summed E-state index contributed by atoms with van der Waals surface area (Å²) in [5.41, 5.74) is 2.36. The van der Waals surface area contributed by atoms with Gasteiger partial charge >= 0.3 is 0 Å². The van der Waals surface area contributed by atoms with E-state index in [1.54, 1.807) is 0 Å². The van der Waals surface area contributed by atoms with Gasteiger partial charge in [0.2, 0.25) is 0 Å². The van der Waals surface area contributed by atoms with Gasteiger partial charge in [0.15, 0.2) is 0 Å². The molecule has 3 rings (SSSR count). The Balaban J connectivity index is 2.01. The molecule has 0 amide bonds. The number of H-pyrrole nitrogens is 1. The molecule has 1 N–H and O–H groups in total. The minimum absolute atomic E-state index is 0.0363. The molecular weight excluding hydrogens is 252 g/mol. The number of nitrogens with one attached hydrogen (secondary N) is 1. The van der Waals surface area contributed by atoms with Crippen LogP contribution in [0.25, 0.3) is 11.3 Å². The molecule has 20 heavy (non-hydrogen) atoms. The van der Waals surface area contributed by atoms with Crippen molar-refractivity contribution in [2.24, 2.45) is 0 Å². The molecule has 4 heteroatoms. The van der Waals surface area contributed by atoms with Crippen LogP contribution in [0.15, 0.2) is 29.1 Å². The van der Waals surface area contributed by atoms with Crippen molar-refractivity contribution < 1.29 is 4.74 Å². The van der Waals surface area contributed by atoms with E-state index in [9.17, 15) is 4.79 Å². The summed E-state index contributed by atoms with van der Waals surface area (Å²) < 4.78 is 5.43. The van der Waals surface area contributed by atoms with Gasteiger partial charge in [-0.1, -0.05) is 0 Å². The highest BCUT2D eigenvalue weighted by Gasteiger charge is 2.27. The molecule has 1 aliphatic rings. The van der Waals surface area contributed by atoms with Crippen molar-refractivity contribution in [3.8, 4) is 17.0 Å². The van der Waals surface area contributed by atoms with Gasteiger partial charge in [0.05, 0.1) is 12.3 Å². The van der Waals surface area contributed by atoms with Crippen LogP contribution in [0.5, 0.6) is 5.75 Å². The maximum atomic E-state index is 12.0. The second-order valence-electron chi connectivity index (χ2n) is 5.16. The number of hydrogen-bond acceptors (Lipinski definition) is 3.